The third-order valence-corrected chi connectivity index (χ3v) is 4.48. The molecule has 0 heterocycles. The van der Waals surface area contributed by atoms with E-state index in [2.05, 4.69) is 43.3 Å². The van der Waals surface area contributed by atoms with Crippen molar-refractivity contribution in [1.82, 2.24) is 0 Å². The van der Waals surface area contributed by atoms with Crippen LogP contribution in [0.3, 0.4) is 0 Å². The van der Waals surface area contributed by atoms with Gasteiger partial charge in [0.2, 0.25) is 0 Å². The number of anilines is 1. The highest BCUT2D eigenvalue weighted by Crippen LogP contribution is 2.15. The quantitative estimate of drug-likeness (QED) is 0.413. The summed E-state index contributed by atoms with van der Waals surface area (Å²) in [6.45, 7) is 2.27. The Kier molecular flexibility index (Phi) is 7.72. The lowest BCUT2D eigenvalue weighted by Gasteiger charge is -2.06. The average Bonchev–Trinajstić information content (AvgIpc) is 2.58. The SMILES string of the molecule is CCCCCCCCCc1ccc(Cc2ccc(N)cc2)cc1. The van der Waals surface area contributed by atoms with Gasteiger partial charge in [-0.2, -0.15) is 0 Å². The molecule has 0 aliphatic carbocycles. The normalized spacial score (nSPS) is 10.8. The lowest BCUT2D eigenvalue weighted by atomic mass is 10.0. The van der Waals surface area contributed by atoms with Gasteiger partial charge in [0.25, 0.3) is 0 Å². The van der Waals surface area contributed by atoms with Gasteiger partial charge in [-0.1, -0.05) is 81.8 Å². The van der Waals surface area contributed by atoms with E-state index in [9.17, 15) is 0 Å². The third-order valence-electron chi connectivity index (χ3n) is 4.48. The summed E-state index contributed by atoms with van der Waals surface area (Å²) in [5.74, 6) is 0. The van der Waals surface area contributed by atoms with Crippen LogP contribution >= 0.6 is 0 Å². The lowest BCUT2D eigenvalue weighted by molar-refractivity contribution is 0.589. The van der Waals surface area contributed by atoms with Crippen LogP contribution in [0.5, 0.6) is 0 Å². The van der Waals surface area contributed by atoms with Gasteiger partial charge in [0, 0.05) is 5.69 Å². The summed E-state index contributed by atoms with van der Waals surface area (Å²) in [4.78, 5) is 0. The van der Waals surface area contributed by atoms with Crippen LogP contribution in [-0.4, -0.2) is 0 Å². The van der Waals surface area contributed by atoms with Crippen molar-refractivity contribution in [2.24, 2.45) is 0 Å². The van der Waals surface area contributed by atoms with Crippen molar-refractivity contribution >= 4 is 5.69 Å². The number of unbranched alkanes of at least 4 members (excludes halogenated alkanes) is 6. The number of nitrogen functional groups attached to an aromatic ring is 1. The van der Waals surface area contributed by atoms with Gasteiger partial charge in [0.05, 0.1) is 0 Å². The maximum atomic E-state index is 5.73. The highest BCUT2D eigenvalue weighted by atomic mass is 14.5. The molecule has 0 bridgehead atoms. The van der Waals surface area contributed by atoms with E-state index < -0.39 is 0 Å². The van der Waals surface area contributed by atoms with Crippen molar-refractivity contribution in [3.8, 4) is 0 Å². The van der Waals surface area contributed by atoms with Crippen LogP contribution in [0.25, 0.3) is 0 Å². The summed E-state index contributed by atoms with van der Waals surface area (Å²) in [6.07, 6.45) is 11.9. The molecule has 2 aromatic rings. The number of benzene rings is 2. The second-order valence-electron chi connectivity index (χ2n) is 6.61. The molecule has 23 heavy (non-hydrogen) atoms. The highest BCUT2D eigenvalue weighted by Gasteiger charge is 1.98. The van der Waals surface area contributed by atoms with E-state index in [-0.39, 0.29) is 0 Å². The van der Waals surface area contributed by atoms with Crippen LogP contribution in [0.4, 0.5) is 5.69 Å². The second kappa shape index (κ2) is 10.1. The Hall–Kier alpha value is -1.76. The molecule has 0 amide bonds. The van der Waals surface area contributed by atoms with E-state index in [0.717, 1.165) is 12.1 Å². The summed E-state index contributed by atoms with van der Waals surface area (Å²) in [7, 11) is 0. The Morgan fingerprint density at radius 1 is 0.609 bits per heavy atom. The van der Waals surface area contributed by atoms with E-state index in [1.54, 1.807) is 0 Å². The number of nitrogens with two attached hydrogens (primary N) is 1. The molecule has 2 N–H and O–H groups in total. The molecule has 124 valence electrons. The Balaban J connectivity index is 1.69. The van der Waals surface area contributed by atoms with Gasteiger partial charge in [0.1, 0.15) is 0 Å². The minimum absolute atomic E-state index is 0.832. The van der Waals surface area contributed by atoms with Crippen LogP contribution in [-0.2, 0) is 12.8 Å². The molecule has 0 radical (unpaired) electrons. The fourth-order valence-corrected chi connectivity index (χ4v) is 2.98. The Morgan fingerprint density at radius 2 is 1.09 bits per heavy atom. The van der Waals surface area contributed by atoms with E-state index in [4.69, 9.17) is 5.73 Å². The Bertz CT molecular complexity index is 539. The molecule has 0 atom stereocenters. The zero-order chi connectivity index (χ0) is 16.3. The minimum atomic E-state index is 0.832. The fraction of sp³-hybridized carbons (Fsp3) is 0.455. The lowest BCUT2D eigenvalue weighted by Crippen LogP contribution is -1.91. The summed E-state index contributed by atoms with van der Waals surface area (Å²) in [5, 5.41) is 0. The van der Waals surface area contributed by atoms with Crippen molar-refractivity contribution in [2.45, 2.75) is 64.7 Å². The third kappa shape index (κ3) is 6.90. The van der Waals surface area contributed by atoms with E-state index in [0.29, 0.717) is 0 Å². The van der Waals surface area contributed by atoms with Crippen LogP contribution < -0.4 is 5.73 Å². The van der Waals surface area contributed by atoms with Gasteiger partial charge in [-0.25, -0.2) is 0 Å². The van der Waals surface area contributed by atoms with Crippen LogP contribution in [0.1, 0.15) is 68.6 Å². The number of hydrogen-bond acceptors (Lipinski definition) is 1. The molecular weight excluding hydrogens is 278 g/mol. The first-order valence-corrected chi connectivity index (χ1v) is 9.20. The van der Waals surface area contributed by atoms with Gasteiger partial charge in [0.15, 0.2) is 0 Å². The van der Waals surface area contributed by atoms with E-state index in [1.807, 2.05) is 12.1 Å². The van der Waals surface area contributed by atoms with Crippen LogP contribution in [0.2, 0.25) is 0 Å². The standard InChI is InChI=1S/C22H31N/c1-2-3-4-5-6-7-8-9-19-10-12-20(13-11-19)18-21-14-16-22(23)17-15-21/h10-17H,2-9,18,23H2,1H3. The largest absolute Gasteiger partial charge is 0.399 e. The van der Waals surface area contributed by atoms with E-state index in [1.165, 1.54) is 68.1 Å². The molecule has 0 saturated heterocycles. The van der Waals surface area contributed by atoms with Crippen molar-refractivity contribution in [3.05, 3.63) is 65.2 Å². The Morgan fingerprint density at radius 3 is 1.70 bits per heavy atom. The second-order valence-corrected chi connectivity index (χ2v) is 6.61. The molecule has 0 spiro atoms. The predicted octanol–water partition coefficient (Wildman–Crippen LogP) is 6.15. The first-order valence-electron chi connectivity index (χ1n) is 9.20. The summed E-state index contributed by atoms with van der Waals surface area (Å²) in [6, 6.07) is 17.3. The smallest absolute Gasteiger partial charge is 0.0314 e. The van der Waals surface area contributed by atoms with Crippen LogP contribution in [0, 0.1) is 0 Å². The molecule has 2 rings (SSSR count). The first kappa shape index (κ1) is 17.6. The fourth-order valence-electron chi connectivity index (χ4n) is 2.98. The molecule has 1 heteroatoms. The number of rotatable bonds is 10. The molecule has 0 saturated carbocycles. The molecule has 2 aromatic carbocycles. The maximum absolute atomic E-state index is 5.73. The topological polar surface area (TPSA) is 26.0 Å². The molecule has 0 aliphatic heterocycles. The summed E-state index contributed by atoms with van der Waals surface area (Å²) < 4.78 is 0. The molecule has 0 aromatic heterocycles. The molecule has 0 aliphatic rings. The van der Waals surface area contributed by atoms with Gasteiger partial charge in [-0.05, 0) is 48.1 Å². The van der Waals surface area contributed by atoms with Gasteiger partial charge < -0.3 is 5.73 Å². The summed E-state index contributed by atoms with van der Waals surface area (Å²) in [5.41, 5.74) is 10.7. The summed E-state index contributed by atoms with van der Waals surface area (Å²) >= 11 is 0. The van der Waals surface area contributed by atoms with Gasteiger partial charge in [-0.15, -0.1) is 0 Å². The number of hydrogen-bond donors (Lipinski definition) is 1. The van der Waals surface area contributed by atoms with Gasteiger partial charge in [-0.3, -0.25) is 0 Å². The highest BCUT2D eigenvalue weighted by molar-refractivity contribution is 5.40. The van der Waals surface area contributed by atoms with Crippen LogP contribution in [0.15, 0.2) is 48.5 Å². The van der Waals surface area contributed by atoms with Crippen molar-refractivity contribution < 1.29 is 0 Å². The van der Waals surface area contributed by atoms with Crippen molar-refractivity contribution in [1.29, 1.82) is 0 Å². The predicted molar refractivity (Wildman–Crippen MR) is 102 cm³/mol. The Labute approximate surface area is 141 Å². The molecular formula is C22H31N. The molecule has 0 unspecified atom stereocenters. The van der Waals surface area contributed by atoms with E-state index >= 15 is 0 Å². The van der Waals surface area contributed by atoms with Crippen molar-refractivity contribution in [2.75, 3.05) is 5.73 Å². The molecule has 0 fully saturated rings. The van der Waals surface area contributed by atoms with Crippen molar-refractivity contribution in [3.63, 3.8) is 0 Å². The number of aryl methyl sites for hydroxylation is 1. The minimum Gasteiger partial charge on any atom is -0.399 e. The zero-order valence-electron chi connectivity index (χ0n) is 14.6. The average molecular weight is 309 g/mol. The van der Waals surface area contributed by atoms with Gasteiger partial charge >= 0.3 is 0 Å². The molecule has 1 nitrogen and oxygen atoms in total. The first-order chi connectivity index (χ1) is 11.3. The monoisotopic (exact) mass is 309 g/mol. The maximum Gasteiger partial charge on any atom is 0.0314 e. The zero-order valence-corrected chi connectivity index (χ0v) is 14.6.